The molecule has 0 spiro atoms. The Labute approximate surface area is 169 Å². The number of nitrogens with one attached hydrogen (secondary N) is 1. The van der Waals surface area contributed by atoms with Gasteiger partial charge in [0, 0.05) is 30.9 Å². The maximum Gasteiger partial charge on any atom is 0.327 e. The molecule has 9 heteroatoms. The van der Waals surface area contributed by atoms with Gasteiger partial charge in [-0.1, -0.05) is 30.7 Å². The Balaban J connectivity index is 1.62. The normalized spacial score (nSPS) is 27.8. The van der Waals surface area contributed by atoms with Gasteiger partial charge in [-0.2, -0.15) is 5.10 Å². The number of carbonyl (C=O) groups excluding carboxylic acids is 2. The van der Waals surface area contributed by atoms with E-state index in [1.807, 2.05) is 43.1 Å². The first-order valence-electron chi connectivity index (χ1n) is 9.56. The Bertz CT molecular complexity index is 813. The van der Waals surface area contributed by atoms with Crippen LogP contribution in [-0.2, 0) is 11.3 Å². The van der Waals surface area contributed by atoms with Crippen molar-refractivity contribution in [1.82, 2.24) is 25.0 Å². The fourth-order valence-corrected chi connectivity index (χ4v) is 4.30. The number of nitrogens with zero attached hydrogens (tertiary/aromatic N) is 5. The van der Waals surface area contributed by atoms with Crippen molar-refractivity contribution < 1.29 is 9.59 Å². The summed E-state index contributed by atoms with van der Waals surface area (Å²) in [6.45, 7) is 5.53. The van der Waals surface area contributed by atoms with Crippen molar-refractivity contribution in [3.63, 3.8) is 0 Å². The molecular formula is C19H25ClN6O2. The highest BCUT2D eigenvalue weighted by Crippen LogP contribution is 2.31. The number of amides is 3. The fraction of sp³-hybridized carbons (Fsp3) is 0.526. The van der Waals surface area contributed by atoms with Crippen LogP contribution in [0.15, 0.2) is 29.4 Å². The van der Waals surface area contributed by atoms with Gasteiger partial charge >= 0.3 is 6.03 Å². The Hall–Kier alpha value is -2.16. The lowest BCUT2D eigenvalue weighted by Crippen LogP contribution is -2.66. The minimum atomic E-state index is -0.419. The molecule has 2 saturated heterocycles. The molecule has 1 N–H and O–H groups in total. The van der Waals surface area contributed by atoms with Crippen LogP contribution in [0.2, 0.25) is 5.02 Å². The van der Waals surface area contributed by atoms with Gasteiger partial charge in [0.05, 0.1) is 6.54 Å². The number of halogens is 1. The number of hydrogen-bond donors (Lipinski definition) is 1. The maximum absolute atomic E-state index is 13.1. The first kappa shape index (κ1) is 19.2. The third-order valence-corrected chi connectivity index (χ3v) is 5.71. The van der Waals surface area contributed by atoms with Gasteiger partial charge in [0.1, 0.15) is 12.2 Å². The molecule has 3 aliphatic heterocycles. The van der Waals surface area contributed by atoms with Crippen LogP contribution >= 0.6 is 11.6 Å². The number of fused-ring (bicyclic) bond motifs is 3. The van der Waals surface area contributed by atoms with Crippen molar-refractivity contribution in [2.45, 2.75) is 45.3 Å². The molecule has 2 fully saturated rings. The molecular weight excluding hydrogens is 380 g/mol. The molecule has 1 aromatic rings. The zero-order chi connectivity index (χ0) is 20.0. The van der Waals surface area contributed by atoms with Crippen LogP contribution in [0.1, 0.15) is 25.8 Å². The van der Waals surface area contributed by atoms with Gasteiger partial charge in [-0.15, -0.1) is 0 Å². The summed E-state index contributed by atoms with van der Waals surface area (Å²) in [4.78, 5) is 30.9. The number of imide groups is 1. The number of hydrazone groups is 1. The fourth-order valence-electron chi connectivity index (χ4n) is 4.18. The highest BCUT2D eigenvalue weighted by Gasteiger charge is 2.56. The third-order valence-electron chi connectivity index (χ3n) is 5.46. The number of carbonyl (C=O) groups is 2. The quantitative estimate of drug-likeness (QED) is 0.827. The predicted octanol–water partition coefficient (Wildman–Crippen LogP) is 1.72. The molecule has 150 valence electrons. The van der Waals surface area contributed by atoms with E-state index < -0.39 is 6.04 Å². The second kappa shape index (κ2) is 7.35. The van der Waals surface area contributed by atoms with Crippen LogP contribution < -0.4 is 5.32 Å². The van der Waals surface area contributed by atoms with Gasteiger partial charge in [-0.25, -0.2) is 9.69 Å². The molecule has 8 nitrogen and oxygen atoms in total. The minimum Gasteiger partial charge on any atom is -0.310 e. The second-order valence-corrected chi connectivity index (χ2v) is 7.98. The van der Waals surface area contributed by atoms with Crippen LogP contribution in [0.3, 0.4) is 0 Å². The standard InChI is InChI=1S/C19H25ClN6O2/c1-4-9-24-17(27)15-16(23(3)19(24)28)21-18-25(15)10-12(2)22-26(18)11-13-5-7-14(20)8-6-13/h5-8,15-16,18,21H,4,9-11H2,1-3H3. The molecule has 0 bridgehead atoms. The average Bonchev–Trinajstić information content (AvgIpc) is 3.05. The zero-order valence-electron chi connectivity index (χ0n) is 16.3. The monoisotopic (exact) mass is 404 g/mol. The zero-order valence-corrected chi connectivity index (χ0v) is 17.1. The predicted molar refractivity (Wildman–Crippen MR) is 106 cm³/mol. The summed E-state index contributed by atoms with van der Waals surface area (Å²) < 4.78 is 0. The number of benzene rings is 1. The highest BCUT2D eigenvalue weighted by molar-refractivity contribution is 6.30. The molecule has 0 saturated carbocycles. The molecule has 4 rings (SSSR count). The molecule has 0 aliphatic carbocycles. The van der Waals surface area contributed by atoms with E-state index in [4.69, 9.17) is 16.7 Å². The molecule has 3 atom stereocenters. The van der Waals surface area contributed by atoms with Crippen molar-refractivity contribution >= 4 is 29.3 Å². The van der Waals surface area contributed by atoms with Crippen molar-refractivity contribution in [2.24, 2.45) is 5.10 Å². The minimum absolute atomic E-state index is 0.133. The lowest BCUT2D eigenvalue weighted by atomic mass is 10.1. The van der Waals surface area contributed by atoms with E-state index in [9.17, 15) is 9.59 Å². The topological polar surface area (TPSA) is 71.5 Å². The van der Waals surface area contributed by atoms with Crippen molar-refractivity contribution in [3.8, 4) is 0 Å². The number of likely N-dealkylation sites (N-methyl/N-ethyl adjacent to an activating group) is 1. The lowest BCUT2D eigenvalue weighted by molar-refractivity contribution is -0.139. The molecule has 0 aromatic heterocycles. The van der Waals surface area contributed by atoms with Gasteiger partial charge in [-0.3, -0.25) is 20.0 Å². The largest absolute Gasteiger partial charge is 0.327 e. The molecule has 3 heterocycles. The Morgan fingerprint density at radius 1 is 1.25 bits per heavy atom. The smallest absolute Gasteiger partial charge is 0.310 e. The summed E-state index contributed by atoms with van der Waals surface area (Å²) in [6.07, 6.45) is 0.116. The number of urea groups is 1. The summed E-state index contributed by atoms with van der Waals surface area (Å²) in [7, 11) is 1.75. The second-order valence-electron chi connectivity index (χ2n) is 7.55. The van der Waals surface area contributed by atoms with E-state index in [-0.39, 0.29) is 24.4 Å². The van der Waals surface area contributed by atoms with E-state index >= 15 is 0 Å². The van der Waals surface area contributed by atoms with Gasteiger partial charge < -0.3 is 4.90 Å². The van der Waals surface area contributed by atoms with E-state index in [2.05, 4.69) is 10.2 Å². The number of hydrogen-bond acceptors (Lipinski definition) is 6. The van der Waals surface area contributed by atoms with E-state index in [1.54, 1.807) is 11.9 Å². The summed E-state index contributed by atoms with van der Waals surface area (Å²) in [5.74, 6) is -0.133. The summed E-state index contributed by atoms with van der Waals surface area (Å²) >= 11 is 5.99. The molecule has 3 aliphatic rings. The third kappa shape index (κ3) is 3.15. The Morgan fingerprint density at radius 3 is 2.64 bits per heavy atom. The number of rotatable bonds is 4. The average molecular weight is 405 g/mol. The van der Waals surface area contributed by atoms with Crippen LogP contribution in [-0.4, -0.2) is 76.0 Å². The molecule has 1 aromatic carbocycles. The highest BCUT2D eigenvalue weighted by atomic mass is 35.5. The SMILES string of the molecule is CCCN1C(=O)C2C(NC3N(Cc4ccc(Cl)cc4)N=C(C)CN23)N(C)C1=O. The lowest BCUT2D eigenvalue weighted by Gasteiger charge is -2.42. The first-order chi connectivity index (χ1) is 13.4. The van der Waals surface area contributed by atoms with Crippen LogP contribution in [0.4, 0.5) is 4.79 Å². The van der Waals surface area contributed by atoms with Crippen molar-refractivity contribution in [1.29, 1.82) is 0 Å². The van der Waals surface area contributed by atoms with E-state index in [1.165, 1.54) is 4.90 Å². The van der Waals surface area contributed by atoms with Crippen LogP contribution in [0.5, 0.6) is 0 Å². The van der Waals surface area contributed by atoms with Crippen molar-refractivity contribution in [3.05, 3.63) is 34.9 Å². The van der Waals surface area contributed by atoms with E-state index in [0.29, 0.717) is 24.7 Å². The summed E-state index contributed by atoms with van der Waals surface area (Å²) in [5, 5.41) is 10.8. The molecule has 3 amide bonds. The van der Waals surface area contributed by atoms with Crippen LogP contribution in [0.25, 0.3) is 0 Å². The maximum atomic E-state index is 13.1. The van der Waals surface area contributed by atoms with E-state index in [0.717, 1.165) is 17.7 Å². The van der Waals surface area contributed by atoms with Gasteiger partial charge in [-0.05, 0) is 31.0 Å². The molecule has 3 unspecified atom stereocenters. The summed E-state index contributed by atoms with van der Waals surface area (Å²) in [5.41, 5.74) is 2.00. The van der Waals surface area contributed by atoms with Gasteiger partial charge in [0.15, 0.2) is 6.29 Å². The molecule has 0 radical (unpaired) electrons. The van der Waals surface area contributed by atoms with Gasteiger partial charge in [0.25, 0.3) is 5.91 Å². The van der Waals surface area contributed by atoms with Crippen molar-refractivity contribution in [2.75, 3.05) is 20.1 Å². The Kier molecular flexibility index (Phi) is 5.03. The first-order valence-corrected chi connectivity index (χ1v) is 9.93. The van der Waals surface area contributed by atoms with Crippen LogP contribution in [0, 0.1) is 0 Å². The van der Waals surface area contributed by atoms with Gasteiger partial charge in [0.2, 0.25) is 0 Å². The summed E-state index contributed by atoms with van der Waals surface area (Å²) in [6, 6.07) is 6.99. The molecule has 28 heavy (non-hydrogen) atoms. The Morgan fingerprint density at radius 2 is 1.96 bits per heavy atom.